The Morgan fingerprint density at radius 2 is 1.75 bits per heavy atom. The molecule has 0 aliphatic carbocycles. The number of benzene rings is 1. The van der Waals surface area contributed by atoms with Gasteiger partial charge in [-0.2, -0.15) is 0 Å². The Bertz CT molecular complexity index is 269. The van der Waals surface area contributed by atoms with Gasteiger partial charge in [0.25, 0.3) is 0 Å². The average Bonchev–Trinajstić information content (AvgIpc) is 2.03. The summed E-state index contributed by atoms with van der Waals surface area (Å²) in [5.74, 6) is 0.893. The molecule has 0 aliphatic heterocycles. The molecule has 2 N–H and O–H groups in total. The van der Waals surface area contributed by atoms with Crippen LogP contribution in [0.3, 0.4) is 0 Å². The van der Waals surface area contributed by atoms with Crippen LogP contribution in [0.2, 0.25) is 0 Å². The number of hydrogen-bond donors (Lipinski definition) is 2. The van der Waals surface area contributed by atoms with Crippen LogP contribution in [0.15, 0.2) is 30.2 Å². The first-order chi connectivity index (χ1) is 5.68. The van der Waals surface area contributed by atoms with E-state index in [1.165, 1.54) is 24.2 Å². The van der Waals surface area contributed by atoms with E-state index in [0.29, 0.717) is 0 Å². The van der Waals surface area contributed by atoms with Crippen molar-refractivity contribution in [2.75, 3.05) is 0 Å². The first kappa shape index (κ1) is 8.97. The molecule has 0 heterocycles. The zero-order valence-corrected chi connectivity index (χ0v) is 6.31. The molecule has 0 spiro atoms. The molecule has 0 fully saturated rings. The number of halogens is 1. The van der Waals surface area contributed by atoms with Gasteiger partial charge >= 0.3 is 7.12 Å². The highest BCUT2D eigenvalue weighted by Crippen LogP contribution is 2.04. The fourth-order valence-electron chi connectivity index (χ4n) is 0.771. The van der Waals surface area contributed by atoms with E-state index in [0.717, 1.165) is 5.56 Å². The second kappa shape index (κ2) is 4.04. The summed E-state index contributed by atoms with van der Waals surface area (Å²) in [5, 5.41) is 16.9. The molecule has 62 valence electrons. The third-order valence-corrected chi connectivity index (χ3v) is 1.33. The summed E-state index contributed by atoms with van der Waals surface area (Å²) in [6.07, 6.45) is 1.50. The van der Waals surface area contributed by atoms with E-state index in [1.54, 1.807) is 12.1 Å². The van der Waals surface area contributed by atoms with Gasteiger partial charge in [-0.1, -0.05) is 24.2 Å². The van der Waals surface area contributed by atoms with E-state index in [2.05, 4.69) is 0 Å². The third-order valence-electron chi connectivity index (χ3n) is 1.33. The van der Waals surface area contributed by atoms with Gasteiger partial charge in [-0.15, -0.1) is 0 Å². The van der Waals surface area contributed by atoms with Crippen molar-refractivity contribution in [3.63, 3.8) is 0 Å². The molecule has 0 aliphatic rings. The lowest BCUT2D eigenvalue weighted by Crippen LogP contribution is -2.05. The van der Waals surface area contributed by atoms with Gasteiger partial charge in [0, 0.05) is 0 Å². The van der Waals surface area contributed by atoms with Crippen LogP contribution in [-0.2, 0) is 0 Å². The van der Waals surface area contributed by atoms with Crippen LogP contribution in [0.1, 0.15) is 5.56 Å². The van der Waals surface area contributed by atoms with Crippen molar-refractivity contribution >= 4 is 13.2 Å². The zero-order valence-electron chi connectivity index (χ0n) is 6.31. The van der Waals surface area contributed by atoms with Crippen molar-refractivity contribution in [3.05, 3.63) is 41.6 Å². The topological polar surface area (TPSA) is 40.5 Å². The number of hydrogen-bond acceptors (Lipinski definition) is 2. The Morgan fingerprint density at radius 1 is 1.17 bits per heavy atom. The molecule has 0 saturated heterocycles. The van der Waals surface area contributed by atoms with Crippen molar-refractivity contribution in [3.8, 4) is 0 Å². The maximum absolute atomic E-state index is 12.4. The SMILES string of the molecule is OB(O)C=Cc1ccc(F)cc1. The van der Waals surface area contributed by atoms with Crippen molar-refractivity contribution in [2.45, 2.75) is 0 Å². The monoisotopic (exact) mass is 166 g/mol. The normalized spacial score (nSPS) is 10.6. The molecule has 4 heteroatoms. The number of rotatable bonds is 2. The van der Waals surface area contributed by atoms with Crippen LogP contribution >= 0.6 is 0 Å². The molecule has 12 heavy (non-hydrogen) atoms. The Hall–Kier alpha value is -1.13. The molecular weight excluding hydrogens is 158 g/mol. The predicted molar refractivity (Wildman–Crippen MR) is 45.6 cm³/mol. The van der Waals surface area contributed by atoms with Gasteiger partial charge in [0.05, 0.1) is 0 Å². The van der Waals surface area contributed by atoms with Gasteiger partial charge in [-0.05, 0) is 17.7 Å². The lowest BCUT2D eigenvalue weighted by Gasteiger charge is -1.92. The molecule has 0 aromatic heterocycles. The van der Waals surface area contributed by atoms with Crippen LogP contribution in [0.4, 0.5) is 4.39 Å². The summed E-state index contributed by atoms with van der Waals surface area (Å²) >= 11 is 0. The highest BCUT2D eigenvalue weighted by atomic mass is 19.1. The molecule has 0 amide bonds. The minimum atomic E-state index is -1.46. The van der Waals surface area contributed by atoms with E-state index in [-0.39, 0.29) is 5.82 Å². The largest absolute Gasteiger partial charge is 0.480 e. The second-order valence-corrected chi connectivity index (χ2v) is 2.32. The first-order valence-corrected chi connectivity index (χ1v) is 3.48. The maximum Gasteiger partial charge on any atom is 0.480 e. The Balaban J connectivity index is 2.71. The predicted octanol–water partition coefficient (Wildman–Crippen LogP) is 0.851. The summed E-state index contributed by atoms with van der Waals surface area (Å²) in [5.41, 5.74) is 0.726. The van der Waals surface area contributed by atoms with Crippen LogP contribution in [0.25, 0.3) is 6.08 Å². The highest BCUT2D eigenvalue weighted by molar-refractivity contribution is 6.48. The maximum atomic E-state index is 12.4. The molecule has 0 radical (unpaired) electrons. The lowest BCUT2D eigenvalue weighted by molar-refractivity contribution is 0.424. The summed E-state index contributed by atoms with van der Waals surface area (Å²) in [4.78, 5) is 0. The van der Waals surface area contributed by atoms with Crippen molar-refractivity contribution < 1.29 is 14.4 Å². The summed E-state index contributed by atoms with van der Waals surface area (Å²) in [7, 11) is -1.46. The summed E-state index contributed by atoms with van der Waals surface area (Å²) in [6, 6.07) is 5.72. The molecule has 0 bridgehead atoms. The van der Waals surface area contributed by atoms with Crippen LogP contribution < -0.4 is 0 Å². The standard InChI is InChI=1S/C8H8BFO2/c10-8-3-1-7(2-4-8)5-6-9(11)12/h1-6,11-12H. The molecule has 1 aromatic rings. The van der Waals surface area contributed by atoms with Crippen LogP contribution in [-0.4, -0.2) is 17.2 Å². The minimum absolute atomic E-state index is 0.309. The second-order valence-electron chi connectivity index (χ2n) is 2.32. The fraction of sp³-hybridized carbons (Fsp3) is 0. The quantitative estimate of drug-likeness (QED) is 0.639. The Morgan fingerprint density at radius 3 is 2.25 bits per heavy atom. The van der Waals surface area contributed by atoms with E-state index >= 15 is 0 Å². The van der Waals surface area contributed by atoms with Gasteiger partial charge in [-0.25, -0.2) is 4.39 Å². The molecule has 0 saturated carbocycles. The molecule has 2 nitrogen and oxygen atoms in total. The molecular formula is C8H8BFO2. The van der Waals surface area contributed by atoms with Gasteiger partial charge < -0.3 is 10.0 Å². The third kappa shape index (κ3) is 2.86. The first-order valence-electron chi connectivity index (χ1n) is 3.48. The van der Waals surface area contributed by atoms with Crippen molar-refractivity contribution in [1.82, 2.24) is 0 Å². The molecule has 1 rings (SSSR count). The summed E-state index contributed by atoms with van der Waals surface area (Å²) < 4.78 is 12.4. The van der Waals surface area contributed by atoms with Gasteiger partial charge in [-0.3, -0.25) is 0 Å². The Labute approximate surface area is 70.1 Å². The lowest BCUT2D eigenvalue weighted by atomic mass is 9.91. The molecule has 1 aromatic carbocycles. The molecule has 0 unspecified atom stereocenters. The van der Waals surface area contributed by atoms with Gasteiger partial charge in [0.1, 0.15) is 5.82 Å². The van der Waals surface area contributed by atoms with Crippen LogP contribution in [0, 0.1) is 5.82 Å². The zero-order chi connectivity index (χ0) is 8.97. The van der Waals surface area contributed by atoms with Crippen molar-refractivity contribution in [2.24, 2.45) is 0 Å². The van der Waals surface area contributed by atoms with Crippen LogP contribution in [0.5, 0.6) is 0 Å². The smallest absolute Gasteiger partial charge is 0.424 e. The van der Waals surface area contributed by atoms with Crippen molar-refractivity contribution in [1.29, 1.82) is 0 Å². The minimum Gasteiger partial charge on any atom is -0.424 e. The fourth-order valence-corrected chi connectivity index (χ4v) is 0.771. The summed E-state index contributed by atoms with van der Waals surface area (Å²) in [6.45, 7) is 0. The Kier molecular flexibility index (Phi) is 3.02. The van der Waals surface area contributed by atoms with E-state index in [9.17, 15) is 4.39 Å². The van der Waals surface area contributed by atoms with Gasteiger partial charge in [0.15, 0.2) is 0 Å². The average molecular weight is 166 g/mol. The van der Waals surface area contributed by atoms with E-state index in [1.807, 2.05) is 0 Å². The highest BCUT2D eigenvalue weighted by Gasteiger charge is 1.97. The molecule has 0 atom stereocenters. The van der Waals surface area contributed by atoms with Gasteiger partial charge in [0.2, 0.25) is 0 Å². The van der Waals surface area contributed by atoms with E-state index < -0.39 is 7.12 Å². The van der Waals surface area contributed by atoms with E-state index in [4.69, 9.17) is 10.0 Å².